The molecule has 2 amide bonds. The van der Waals surface area contributed by atoms with Crippen molar-refractivity contribution in [2.45, 2.75) is 51.6 Å². The number of benzene rings is 1. The van der Waals surface area contributed by atoms with Crippen molar-refractivity contribution in [1.82, 2.24) is 19.8 Å². The van der Waals surface area contributed by atoms with Gasteiger partial charge in [0.2, 0.25) is 0 Å². The Morgan fingerprint density at radius 2 is 1.96 bits per heavy atom. The topological polar surface area (TPSA) is 74.0 Å². The molecule has 1 aromatic heterocycles. The number of nitrogens with one attached hydrogen (secondary N) is 1. The lowest BCUT2D eigenvalue weighted by Gasteiger charge is -2.39. The summed E-state index contributed by atoms with van der Waals surface area (Å²) in [6.45, 7) is 8.21. The maximum Gasteiger partial charge on any atom is 0.317 e. The number of amides is 2. The normalized spacial score (nSPS) is 17.6. The largest absolute Gasteiger partial charge is 0.335 e. The molecule has 1 saturated heterocycles. The SMILES string of the molecule is CC(C)(C)[C@@H](Cn1ccnc1)NC(=O)N1CCC(C#N)(c2ccccc2)CC1. The van der Waals surface area contributed by atoms with E-state index in [-0.39, 0.29) is 17.5 Å². The average Bonchev–Trinajstić information content (AvgIpc) is 3.20. The van der Waals surface area contributed by atoms with Gasteiger partial charge in [-0.3, -0.25) is 0 Å². The third-order valence-corrected chi connectivity index (χ3v) is 5.74. The van der Waals surface area contributed by atoms with Gasteiger partial charge in [0.05, 0.1) is 23.9 Å². The molecule has 0 unspecified atom stereocenters. The number of rotatable bonds is 4. The van der Waals surface area contributed by atoms with Crippen LogP contribution in [0.3, 0.4) is 0 Å². The summed E-state index contributed by atoms with van der Waals surface area (Å²) in [6, 6.07) is 12.4. The molecule has 3 rings (SSSR count). The number of imidazole rings is 1. The van der Waals surface area contributed by atoms with Crippen molar-refractivity contribution in [3.63, 3.8) is 0 Å². The highest BCUT2D eigenvalue weighted by atomic mass is 16.2. The lowest BCUT2D eigenvalue weighted by Crippen LogP contribution is -2.54. The Morgan fingerprint density at radius 3 is 2.50 bits per heavy atom. The highest BCUT2D eigenvalue weighted by Gasteiger charge is 2.38. The van der Waals surface area contributed by atoms with Gasteiger partial charge in [-0.25, -0.2) is 9.78 Å². The number of hydrogen-bond acceptors (Lipinski definition) is 3. The minimum absolute atomic E-state index is 0.0222. The van der Waals surface area contributed by atoms with E-state index in [0.29, 0.717) is 32.5 Å². The van der Waals surface area contributed by atoms with Crippen molar-refractivity contribution < 1.29 is 4.79 Å². The van der Waals surface area contributed by atoms with E-state index in [4.69, 9.17) is 0 Å². The molecule has 0 spiro atoms. The fourth-order valence-corrected chi connectivity index (χ4v) is 3.70. The lowest BCUT2D eigenvalue weighted by molar-refractivity contribution is 0.154. The molecule has 2 heterocycles. The summed E-state index contributed by atoms with van der Waals surface area (Å²) in [5.41, 5.74) is 0.458. The van der Waals surface area contributed by atoms with E-state index < -0.39 is 5.41 Å². The highest BCUT2D eigenvalue weighted by molar-refractivity contribution is 5.74. The first-order chi connectivity index (χ1) is 13.3. The van der Waals surface area contributed by atoms with Gasteiger partial charge in [0.1, 0.15) is 0 Å². The second-order valence-corrected chi connectivity index (χ2v) is 8.67. The van der Waals surface area contributed by atoms with Crippen LogP contribution in [0, 0.1) is 16.7 Å². The van der Waals surface area contributed by atoms with Gasteiger partial charge in [-0.1, -0.05) is 51.1 Å². The maximum atomic E-state index is 12.9. The lowest BCUT2D eigenvalue weighted by atomic mass is 9.74. The fourth-order valence-electron chi connectivity index (χ4n) is 3.70. The van der Waals surface area contributed by atoms with Crippen LogP contribution in [0.15, 0.2) is 49.1 Å². The molecule has 1 fully saturated rings. The molecule has 1 aromatic carbocycles. The minimum atomic E-state index is -0.502. The van der Waals surface area contributed by atoms with Crippen molar-refractivity contribution in [2.24, 2.45) is 5.41 Å². The molecular weight excluding hydrogens is 350 g/mol. The van der Waals surface area contributed by atoms with Gasteiger partial charge in [-0.15, -0.1) is 0 Å². The third kappa shape index (κ3) is 4.36. The Labute approximate surface area is 167 Å². The summed E-state index contributed by atoms with van der Waals surface area (Å²) in [4.78, 5) is 18.9. The van der Waals surface area contributed by atoms with Gasteiger partial charge in [-0.2, -0.15) is 5.26 Å². The summed E-state index contributed by atoms with van der Waals surface area (Å²) in [7, 11) is 0. The standard InChI is InChI=1S/C22H29N5O/c1-21(2,3)19(15-26-14-11-24-17-26)25-20(28)27-12-9-22(16-23,10-13-27)18-7-5-4-6-8-18/h4-8,11,14,17,19H,9-10,12-13,15H2,1-3H3,(H,25,28)/t19-/m1/s1. The quantitative estimate of drug-likeness (QED) is 0.882. The third-order valence-electron chi connectivity index (χ3n) is 5.74. The number of nitriles is 1. The zero-order valence-electron chi connectivity index (χ0n) is 16.9. The maximum absolute atomic E-state index is 12.9. The number of carbonyl (C=O) groups excluding carboxylic acids is 1. The Hall–Kier alpha value is -2.81. The second kappa shape index (κ2) is 8.05. The zero-order chi connectivity index (χ0) is 20.2. The molecule has 0 bridgehead atoms. The molecule has 1 N–H and O–H groups in total. The van der Waals surface area contributed by atoms with E-state index in [0.717, 1.165) is 5.56 Å². The van der Waals surface area contributed by atoms with E-state index in [1.807, 2.05) is 46.0 Å². The molecule has 0 saturated carbocycles. The number of likely N-dealkylation sites (tertiary alicyclic amines) is 1. The first-order valence-corrected chi connectivity index (χ1v) is 9.82. The molecule has 1 aliphatic rings. The Bertz CT molecular complexity index is 809. The molecule has 28 heavy (non-hydrogen) atoms. The van der Waals surface area contributed by atoms with Crippen LogP contribution in [0.2, 0.25) is 0 Å². The summed E-state index contributed by atoms with van der Waals surface area (Å²) in [5.74, 6) is 0. The Kier molecular flexibility index (Phi) is 5.73. The molecular formula is C22H29N5O. The summed E-state index contributed by atoms with van der Waals surface area (Å²) in [5, 5.41) is 13.0. The summed E-state index contributed by atoms with van der Waals surface area (Å²) < 4.78 is 1.99. The minimum Gasteiger partial charge on any atom is -0.335 e. The predicted molar refractivity (Wildman–Crippen MR) is 109 cm³/mol. The Balaban J connectivity index is 1.65. The molecule has 2 aromatic rings. The molecule has 0 radical (unpaired) electrons. The number of urea groups is 1. The summed E-state index contributed by atoms with van der Waals surface area (Å²) in [6.07, 6.45) is 6.74. The van der Waals surface area contributed by atoms with Gasteiger partial charge in [0.25, 0.3) is 0 Å². The smallest absolute Gasteiger partial charge is 0.317 e. The van der Waals surface area contributed by atoms with Crippen LogP contribution in [0.1, 0.15) is 39.2 Å². The van der Waals surface area contributed by atoms with Crippen LogP contribution in [0.4, 0.5) is 4.79 Å². The van der Waals surface area contributed by atoms with Crippen LogP contribution >= 0.6 is 0 Å². The van der Waals surface area contributed by atoms with Gasteiger partial charge in [0, 0.05) is 32.0 Å². The fraction of sp³-hybridized carbons (Fsp3) is 0.500. The highest BCUT2D eigenvalue weighted by Crippen LogP contribution is 2.35. The van der Waals surface area contributed by atoms with Gasteiger partial charge in [-0.05, 0) is 23.8 Å². The van der Waals surface area contributed by atoms with E-state index in [1.165, 1.54) is 0 Å². The van der Waals surface area contributed by atoms with E-state index in [2.05, 4.69) is 37.1 Å². The van der Waals surface area contributed by atoms with Crippen molar-refractivity contribution in [3.8, 4) is 6.07 Å². The van der Waals surface area contributed by atoms with Crippen LogP contribution in [0.5, 0.6) is 0 Å². The van der Waals surface area contributed by atoms with Crippen molar-refractivity contribution in [1.29, 1.82) is 5.26 Å². The number of hydrogen-bond donors (Lipinski definition) is 1. The zero-order valence-corrected chi connectivity index (χ0v) is 16.9. The number of aromatic nitrogens is 2. The predicted octanol–water partition coefficient (Wildman–Crippen LogP) is 3.56. The summed E-state index contributed by atoms with van der Waals surface area (Å²) >= 11 is 0. The van der Waals surface area contributed by atoms with E-state index in [1.54, 1.807) is 12.5 Å². The number of nitrogens with zero attached hydrogens (tertiary/aromatic N) is 4. The molecule has 1 aliphatic heterocycles. The molecule has 0 aliphatic carbocycles. The second-order valence-electron chi connectivity index (χ2n) is 8.67. The monoisotopic (exact) mass is 379 g/mol. The van der Waals surface area contributed by atoms with Crippen LogP contribution < -0.4 is 5.32 Å². The van der Waals surface area contributed by atoms with E-state index >= 15 is 0 Å². The van der Waals surface area contributed by atoms with Gasteiger partial charge >= 0.3 is 6.03 Å². The van der Waals surface area contributed by atoms with Crippen molar-refractivity contribution in [2.75, 3.05) is 13.1 Å². The number of piperidine rings is 1. The molecule has 148 valence electrons. The number of carbonyl (C=O) groups is 1. The van der Waals surface area contributed by atoms with E-state index in [9.17, 15) is 10.1 Å². The van der Waals surface area contributed by atoms with Gasteiger partial charge in [0.15, 0.2) is 0 Å². The van der Waals surface area contributed by atoms with Gasteiger partial charge < -0.3 is 14.8 Å². The molecule has 1 atom stereocenters. The van der Waals surface area contributed by atoms with Crippen LogP contribution in [-0.4, -0.2) is 39.6 Å². The average molecular weight is 380 g/mol. The Morgan fingerprint density at radius 1 is 1.29 bits per heavy atom. The van der Waals surface area contributed by atoms with Crippen molar-refractivity contribution in [3.05, 3.63) is 54.6 Å². The van der Waals surface area contributed by atoms with Crippen LogP contribution in [-0.2, 0) is 12.0 Å². The van der Waals surface area contributed by atoms with Crippen molar-refractivity contribution >= 4 is 6.03 Å². The molecule has 6 nitrogen and oxygen atoms in total. The van der Waals surface area contributed by atoms with Crippen LogP contribution in [0.25, 0.3) is 0 Å². The molecule has 6 heteroatoms. The first kappa shape index (κ1) is 19.9. The first-order valence-electron chi connectivity index (χ1n) is 9.82.